The van der Waals surface area contributed by atoms with E-state index < -0.39 is 11.8 Å². The summed E-state index contributed by atoms with van der Waals surface area (Å²) < 4.78 is 10.3. The lowest BCUT2D eigenvalue weighted by Gasteiger charge is -2.06. The molecule has 0 radical (unpaired) electrons. The first-order valence-corrected chi connectivity index (χ1v) is 11.6. The molecule has 0 bridgehead atoms. The molecular weight excluding hydrogens is 456 g/mol. The molecule has 0 aliphatic rings. The Balaban J connectivity index is 1.68. The van der Waals surface area contributed by atoms with Crippen molar-refractivity contribution < 1.29 is 19.1 Å². The third-order valence-corrected chi connectivity index (χ3v) is 5.21. The summed E-state index contributed by atoms with van der Waals surface area (Å²) in [6.45, 7) is 0.897. The van der Waals surface area contributed by atoms with Crippen LogP contribution >= 0.6 is 0 Å². The lowest BCUT2D eigenvalue weighted by atomic mass is 10.1. The second kappa shape index (κ2) is 15.4. The van der Waals surface area contributed by atoms with Gasteiger partial charge in [-0.05, 0) is 60.4 Å². The van der Waals surface area contributed by atoms with Crippen molar-refractivity contribution in [3.63, 3.8) is 0 Å². The number of nitriles is 2. The molecule has 0 fully saturated rings. The van der Waals surface area contributed by atoms with Crippen LogP contribution in [0.2, 0.25) is 0 Å². The molecule has 2 aromatic rings. The van der Waals surface area contributed by atoms with Gasteiger partial charge in [0.25, 0.3) is 11.8 Å². The van der Waals surface area contributed by atoms with Crippen molar-refractivity contribution in [3.8, 4) is 23.6 Å². The van der Waals surface area contributed by atoms with Crippen molar-refractivity contribution >= 4 is 24.0 Å². The molecule has 186 valence electrons. The molecule has 2 rings (SSSR count). The highest BCUT2D eigenvalue weighted by Crippen LogP contribution is 2.16. The lowest BCUT2D eigenvalue weighted by molar-refractivity contribution is -0.117. The largest absolute Gasteiger partial charge is 0.497 e. The van der Waals surface area contributed by atoms with E-state index in [2.05, 4.69) is 10.6 Å². The highest BCUT2D eigenvalue weighted by atomic mass is 16.5. The minimum Gasteiger partial charge on any atom is -0.497 e. The van der Waals surface area contributed by atoms with Crippen molar-refractivity contribution in [2.45, 2.75) is 25.7 Å². The number of amides is 2. The molecule has 2 amide bonds. The topological polar surface area (TPSA) is 124 Å². The smallest absolute Gasteiger partial charge is 0.261 e. The van der Waals surface area contributed by atoms with Crippen LogP contribution in [0.3, 0.4) is 0 Å². The third kappa shape index (κ3) is 9.36. The molecule has 0 unspecified atom stereocenters. The first-order chi connectivity index (χ1) is 17.5. The Morgan fingerprint density at radius 1 is 0.750 bits per heavy atom. The van der Waals surface area contributed by atoms with E-state index in [-0.39, 0.29) is 11.1 Å². The van der Waals surface area contributed by atoms with Gasteiger partial charge in [-0.15, -0.1) is 0 Å². The van der Waals surface area contributed by atoms with Gasteiger partial charge < -0.3 is 20.1 Å². The normalized spacial score (nSPS) is 11.1. The quantitative estimate of drug-likeness (QED) is 0.250. The maximum absolute atomic E-state index is 12.3. The Labute approximate surface area is 211 Å². The van der Waals surface area contributed by atoms with E-state index in [0.717, 1.165) is 25.7 Å². The molecular formula is C28H30N4O4. The monoisotopic (exact) mass is 486 g/mol. The fraction of sp³-hybridized carbons (Fsp3) is 0.286. The molecule has 36 heavy (non-hydrogen) atoms. The number of carbonyl (C=O) groups is 2. The molecule has 0 atom stereocenters. The molecule has 8 heteroatoms. The van der Waals surface area contributed by atoms with Crippen LogP contribution in [0.4, 0.5) is 0 Å². The van der Waals surface area contributed by atoms with Crippen molar-refractivity contribution in [2.75, 3.05) is 27.3 Å². The van der Waals surface area contributed by atoms with Gasteiger partial charge in [0.05, 0.1) is 14.2 Å². The van der Waals surface area contributed by atoms with Crippen molar-refractivity contribution in [1.29, 1.82) is 10.5 Å². The number of ether oxygens (including phenoxy) is 2. The molecule has 2 N–H and O–H groups in total. The molecule has 2 aromatic carbocycles. The first kappa shape index (κ1) is 27.7. The number of hydrogen-bond donors (Lipinski definition) is 2. The Hall–Kier alpha value is -4.56. The van der Waals surface area contributed by atoms with Crippen LogP contribution in [0.25, 0.3) is 12.2 Å². The predicted octanol–water partition coefficient (Wildman–Crippen LogP) is 4.01. The molecule has 8 nitrogen and oxygen atoms in total. The zero-order valence-electron chi connectivity index (χ0n) is 20.5. The van der Waals surface area contributed by atoms with E-state index >= 15 is 0 Å². The van der Waals surface area contributed by atoms with Gasteiger partial charge in [0.2, 0.25) is 0 Å². The number of carbonyl (C=O) groups excluding carboxylic acids is 2. The van der Waals surface area contributed by atoms with Crippen LogP contribution in [-0.2, 0) is 9.59 Å². The van der Waals surface area contributed by atoms with Gasteiger partial charge in [-0.3, -0.25) is 9.59 Å². The summed E-state index contributed by atoms with van der Waals surface area (Å²) in [4.78, 5) is 24.6. The van der Waals surface area contributed by atoms with E-state index in [4.69, 9.17) is 9.47 Å². The van der Waals surface area contributed by atoms with Crippen LogP contribution in [0.15, 0.2) is 59.7 Å². The van der Waals surface area contributed by atoms with Crippen LogP contribution in [0.5, 0.6) is 11.5 Å². The number of nitrogens with zero attached hydrogens (tertiary/aromatic N) is 2. The van der Waals surface area contributed by atoms with Crippen LogP contribution in [0.1, 0.15) is 36.8 Å². The summed E-state index contributed by atoms with van der Waals surface area (Å²) in [6, 6.07) is 18.1. The third-order valence-electron chi connectivity index (χ3n) is 5.21. The van der Waals surface area contributed by atoms with Crippen LogP contribution in [0, 0.1) is 22.7 Å². The minimum absolute atomic E-state index is 0.0289. The van der Waals surface area contributed by atoms with Crippen molar-refractivity contribution in [3.05, 3.63) is 70.8 Å². The number of hydrogen-bond acceptors (Lipinski definition) is 6. The zero-order valence-corrected chi connectivity index (χ0v) is 20.5. The Morgan fingerprint density at radius 3 is 1.53 bits per heavy atom. The minimum atomic E-state index is -0.417. The van der Waals surface area contributed by atoms with Gasteiger partial charge in [0.1, 0.15) is 34.8 Å². The molecule has 0 saturated carbocycles. The maximum atomic E-state index is 12.3. The molecule has 0 spiro atoms. The Morgan fingerprint density at radius 2 is 1.17 bits per heavy atom. The average molecular weight is 487 g/mol. The first-order valence-electron chi connectivity index (χ1n) is 11.6. The van der Waals surface area contributed by atoms with Crippen molar-refractivity contribution in [2.24, 2.45) is 0 Å². The zero-order chi connectivity index (χ0) is 26.2. The predicted molar refractivity (Wildman–Crippen MR) is 138 cm³/mol. The van der Waals surface area contributed by atoms with Gasteiger partial charge >= 0.3 is 0 Å². The lowest BCUT2D eigenvalue weighted by Crippen LogP contribution is -2.26. The van der Waals surface area contributed by atoms with E-state index in [0.29, 0.717) is 35.7 Å². The molecule has 0 saturated heterocycles. The second-order valence-corrected chi connectivity index (χ2v) is 7.82. The standard InChI is InChI=1S/C28H30N4O4/c1-35-25-11-7-9-21(17-25)15-23(19-29)27(33)31-13-5-3-4-6-14-32-28(34)24(20-30)16-22-10-8-12-26(18-22)36-2/h7-12,15-18H,3-6,13-14H2,1-2H3,(H,31,33)(H,32,34)/b23-15+,24-16+. The van der Waals surface area contributed by atoms with Gasteiger partial charge in [0.15, 0.2) is 0 Å². The number of nitrogens with one attached hydrogen (secondary N) is 2. The Kier molecular flexibility index (Phi) is 11.8. The maximum Gasteiger partial charge on any atom is 0.261 e. The van der Waals surface area contributed by atoms with Gasteiger partial charge in [-0.25, -0.2) is 0 Å². The molecule has 0 heterocycles. The highest BCUT2D eigenvalue weighted by Gasteiger charge is 2.10. The van der Waals surface area contributed by atoms with Gasteiger partial charge in [0, 0.05) is 13.1 Å². The van der Waals surface area contributed by atoms with E-state index in [9.17, 15) is 20.1 Å². The fourth-order valence-electron chi connectivity index (χ4n) is 3.29. The highest BCUT2D eigenvalue weighted by molar-refractivity contribution is 6.02. The molecule has 0 aliphatic carbocycles. The van der Waals surface area contributed by atoms with Crippen LogP contribution in [-0.4, -0.2) is 39.1 Å². The summed E-state index contributed by atoms with van der Waals surface area (Å²) in [5.74, 6) is 0.461. The average Bonchev–Trinajstić information content (AvgIpc) is 2.91. The van der Waals surface area contributed by atoms with E-state index in [1.807, 2.05) is 12.1 Å². The Bertz CT molecular complexity index is 1100. The summed E-state index contributed by atoms with van der Waals surface area (Å²) >= 11 is 0. The second-order valence-electron chi connectivity index (χ2n) is 7.82. The molecule has 0 aromatic heterocycles. The van der Waals surface area contributed by atoms with Crippen molar-refractivity contribution in [1.82, 2.24) is 10.6 Å². The molecule has 0 aliphatic heterocycles. The summed E-state index contributed by atoms with van der Waals surface area (Å²) in [5, 5.41) is 24.2. The SMILES string of the molecule is COc1cccc(/C=C(\C#N)C(=O)NCCCCCCNC(=O)/C(C#N)=C/c2cccc(OC)c2)c1. The van der Waals surface area contributed by atoms with Gasteiger partial charge in [-0.2, -0.15) is 10.5 Å². The number of benzene rings is 2. The number of methoxy groups -OCH3 is 2. The summed E-state index contributed by atoms with van der Waals surface area (Å²) in [5.41, 5.74) is 1.48. The summed E-state index contributed by atoms with van der Waals surface area (Å²) in [7, 11) is 3.11. The fourth-order valence-corrected chi connectivity index (χ4v) is 3.29. The number of rotatable bonds is 13. The number of unbranched alkanes of at least 4 members (excludes halogenated alkanes) is 3. The van der Waals surface area contributed by atoms with Crippen LogP contribution < -0.4 is 20.1 Å². The van der Waals surface area contributed by atoms with Gasteiger partial charge in [-0.1, -0.05) is 37.1 Å². The summed E-state index contributed by atoms with van der Waals surface area (Å²) in [6.07, 6.45) is 6.25. The van der Waals surface area contributed by atoms with E-state index in [1.165, 1.54) is 12.2 Å². The van der Waals surface area contributed by atoms with E-state index in [1.54, 1.807) is 62.8 Å².